The summed E-state index contributed by atoms with van der Waals surface area (Å²) in [4.78, 5) is 30.9. The first-order valence-electron chi connectivity index (χ1n) is 10.8. The van der Waals surface area contributed by atoms with Gasteiger partial charge in [-0.25, -0.2) is 4.98 Å². The third-order valence-corrected chi connectivity index (χ3v) is 5.53. The van der Waals surface area contributed by atoms with E-state index in [0.717, 1.165) is 24.2 Å². The van der Waals surface area contributed by atoms with Crippen molar-refractivity contribution in [3.8, 4) is 5.75 Å². The van der Waals surface area contributed by atoms with Crippen molar-refractivity contribution in [1.29, 1.82) is 0 Å². The van der Waals surface area contributed by atoms with Gasteiger partial charge in [0.2, 0.25) is 5.91 Å². The molecule has 1 aliphatic rings. The van der Waals surface area contributed by atoms with E-state index in [2.05, 4.69) is 10.3 Å². The lowest BCUT2D eigenvalue weighted by Gasteiger charge is -2.33. The van der Waals surface area contributed by atoms with Crippen molar-refractivity contribution in [2.45, 2.75) is 45.8 Å². The number of carbonyl (C=O) groups is 2. The molecule has 1 N–H and O–H groups in total. The van der Waals surface area contributed by atoms with E-state index in [1.807, 2.05) is 59.8 Å². The average Bonchev–Trinajstić information content (AvgIpc) is 3.19. The second-order valence-electron chi connectivity index (χ2n) is 8.03. The number of aryl methyl sites for hydroxylation is 1. The Morgan fingerprint density at radius 1 is 1.16 bits per heavy atom. The van der Waals surface area contributed by atoms with Gasteiger partial charge in [-0.15, -0.1) is 0 Å². The summed E-state index contributed by atoms with van der Waals surface area (Å²) in [6.45, 7) is 5.50. The largest absolute Gasteiger partial charge is 0.487 e. The second-order valence-corrected chi connectivity index (χ2v) is 8.03. The van der Waals surface area contributed by atoms with E-state index in [9.17, 15) is 9.59 Å². The molecule has 0 spiro atoms. The van der Waals surface area contributed by atoms with Crippen molar-refractivity contribution in [3.63, 3.8) is 0 Å². The number of piperidine rings is 1. The van der Waals surface area contributed by atoms with Gasteiger partial charge in [0.25, 0.3) is 5.91 Å². The van der Waals surface area contributed by atoms with E-state index in [-0.39, 0.29) is 17.9 Å². The van der Waals surface area contributed by atoms with Gasteiger partial charge in [-0.3, -0.25) is 9.59 Å². The first-order chi connectivity index (χ1) is 15.0. The van der Waals surface area contributed by atoms with Gasteiger partial charge >= 0.3 is 0 Å². The Bertz CT molecular complexity index is 1070. The smallest absolute Gasteiger partial charge is 0.253 e. The zero-order valence-electron chi connectivity index (χ0n) is 18.0. The molecule has 0 saturated carbocycles. The van der Waals surface area contributed by atoms with Crippen molar-refractivity contribution in [2.24, 2.45) is 0 Å². The number of nitrogens with one attached hydrogen (secondary N) is 1. The maximum absolute atomic E-state index is 12.9. The predicted molar refractivity (Wildman–Crippen MR) is 118 cm³/mol. The topological polar surface area (TPSA) is 75.9 Å². The number of pyridine rings is 1. The summed E-state index contributed by atoms with van der Waals surface area (Å²) < 4.78 is 7.85. The highest BCUT2D eigenvalue weighted by atomic mass is 16.5. The Morgan fingerprint density at radius 2 is 1.97 bits per heavy atom. The molecule has 1 unspecified atom stereocenters. The van der Waals surface area contributed by atoms with Gasteiger partial charge in [-0.05, 0) is 55.7 Å². The Labute approximate surface area is 182 Å². The number of carbonyl (C=O) groups excluding carboxylic acids is 2. The molecule has 31 heavy (non-hydrogen) atoms. The summed E-state index contributed by atoms with van der Waals surface area (Å²) in [5.74, 6) is 0.704. The van der Waals surface area contributed by atoms with Gasteiger partial charge in [0.15, 0.2) is 0 Å². The van der Waals surface area contributed by atoms with E-state index in [0.29, 0.717) is 37.4 Å². The second kappa shape index (κ2) is 9.20. The maximum atomic E-state index is 12.9. The van der Waals surface area contributed by atoms with Crippen LogP contribution in [0.2, 0.25) is 0 Å². The molecule has 1 fully saturated rings. The quantitative estimate of drug-likeness (QED) is 0.664. The molecule has 0 radical (unpaired) electrons. The molecule has 0 bridgehead atoms. The molecule has 1 saturated heterocycles. The minimum atomic E-state index is -0.0160. The minimum Gasteiger partial charge on any atom is -0.487 e. The number of fused-ring (bicyclic) bond motifs is 1. The molecule has 162 valence electrons. The summed E-state index contributed by atoms with van der Waals surface area (Å²) in [5, 5.41) is 3.00. The molecule has 3 aromatic rings. The number of likely N-dealkylation sites (tertiary alicyclic amines) is 1. The fourth-order valence-corrected chi connectivity index (χ4v) is 3.87. The lowest BCUT2D eigenvalue weighted by Crippen LogP contribution is -2.49. The van der Waals surface area contributed by atoms with Crippen LogP contribution < -0.4 is 10.1 Å². The normalized spacial score (nSPS) is 16.3. The number of rotatable bonds is 6. The van der Waals surface area contributed by atoms with Gasteiger partial charge < -0.3 is 19.4 Å². The highest BCUT2D eigenvalue weighted by Gasteiger charge is 2.25. The van der Waals surface area contributed by atoms with E-state index in [1.165, 1.54) is 5.56 Å². The summed E-state index contributed by atoms with van der Waals surface area (Å²) in [5.41, 5.74) is 3.53. The number of hydrogen-bond donors (Lipinski definition) is 1. The zero-order chi connectivity index (χ0) is 21.8. The van der Waals surface area contributed by atoms with Crippen molar-refractivity contribution in [1.82, 2.24) is 19.6 Å². The van der Waals surface area contributed by atoms with Crippen molar-refractivity contribution in [3.05, 3.63) is 65.6 Å². The molecule has 0 aliphatic carbocycles. The SMILES string of the molecule is CCC(=O)NC1CCCN(C(=O)c2ccc(OCc3cn4cc(C)ccc4n3)cc2)C1. The maximum Gasteiger partial charge on any atom is 0.253 e. The number of benzene rings is 1. The Balaban J connectivity index is 1.34. The molecular weight excluding hydrogens is 392 g/mol. The zero-order valence-corrected chi connectivity index (χ0v) is 18.0. The summed E-state index contributed by atoms with van der Waals surface area (Å²) in [7, 11) is 0. The first-order valence-corrected chi connectivity index (χ1v) is 10.8. The Hall–Kier alpha value is -3.35. The van der Waals surface area contributed by atoms with Crippen LogP contribution in [0.1, 0.15) is 47.8 Å². The molecular formula is C24H28N4O3. The van der Waals surface area contributed by atoms with Crippen LogP contribution in [0.25, 0.3) is 5.65 Å². The summed E-state index contributed by atoms with van der Waals surface area (Å²) >= 11 is 0. The average molecular weight is 421 g/mol. The highest BCUT2D eigenvalue weighted by Crippen LogP contribution is 2.18. The number of ether oxygens (including phenoxy) is 1. The standard InChI is InChI=1S/C24H28N4O3/c1-3-23(29)26-19-5-4-12-27(14-19)24(30)18-7-9-21(10-8-18)31-16-20-15-28-13-17(2)6-11-22(28)25-20/h6-11,13,15,19H,3-5,12,14,16H2,1-2H3,(H,26,29). The van der Waals surface area contributed by atoms with Crippen LogP contribution in [0, 0.1) is 6.92 Å². The van der Waals surface area contributed by atoms with Crippen LogP contribution in [0.5, 0.6) is 5.75 Å². The van der Waals surface area contributed by atoms with Crippen LogP contribution in [-0.4, -0.2) is 45.2 Å². The van der Waals surface area contributed by atoms with E-state index in [1.54, 1.807) is 12.1 Å². The number of aromatic nitrogens is 2. The lowest BCUT2D eigenvalue weighted by atomic mass is 10.0. The predicted octanol–water partition coefficient (Wildman–Crippen LogP) is 3.35. The Kier molecular flexibility index (Phi) is 6.21. The van der Waals surface area contributed by atoms with E-state index >= 15 is 0 Å². The fraction of sp³-hybridized carbons (Fsp3) is 0.375. The van der Waals surface area contributed by atoms with Crippen LogP contribution in [-0.2, 0) is 11.4 Å². The molecule has 7 heteroatoms. The van der Waals surface area contributed by atoms with Gasteiger partial charge in [0.05, 0.1) is 5.69 Å². The summed E-state index contributed by atoms with van der Waals surface area (Å²) in [6, 6.07) is 11.3. The van der Waals surface area contributed by atoms with Crippen LogP contribution in [0.15, 0.2) is 48.8 Å². The summed E-state index contributed by atoms with van der Waals surface area (Å²) in [6.07, 6.45) is 6.25. The number of hydrogen-bond acceptors (Lipinski definition) is 4. The van der Waals surface area contributed by atoms with Crippen LogP contribution >= 0.6 is 0 Å². The first kappa shape index (κ1) is 20.9. The molecule has 1 aromatic carbocycles. The van der Waals surface area contributed by atoms with Gasteiger partial charge in [0, 0.05) is 43.5 Å². The third-order valence-electron chi connectivity index (χ3n) is 5.53. The third kappa shape index (κ3) is 5.05. The molecule has 2 aromatic heterocycles. The molecule has 7 nitrogen and oxygen atoms in total. The number of imidazole rings is 1. The van der Waals surface area contributed by atoms with Gasteiger partial charge in [-0.1, -0.05) is 13.0 Å². The minimum absolute atomic E-state index is 0.0160. The van der Waals surface area contributed by atoms with Crippen molar-refractivity contribution >= 4 is 17.5 Å². The highest BCUT2D eigenvalue weighted by molar-refractivity contribution is 5.94. The Morgan fingerprint density at radius 3 is 2.74 bits per heavy atom. The monoisotopic (exact) mass is 420 g/mol. The van der Waals surface area contributed by atoms with Gasteiger partial charge in [-0.2, -0.15) is 0 Å². The molecule has 1 aliphatic heterocycles. The molecule has 1 atom stereocenters. The lowest BCUT2D eigenvalue weighted by molar-refractivity contribution is -0.121. The van der Waals surface area contributed by atoms with Crippen molar-refractivity contribution in [2.75, 3.05) is 13.1 Å². The molecule has 3 heterocycles. The van der Waals surface area contributed by atoms with Crippen molar-refractivity contribution < 1.29 is 14.3 Å². The number of amides is 2. The van der Waals surface area contributed by atoms with E-state index in [4.69, 9.17) is 4.74 Å². The number of nitrogens with zero attached hydrogens (tertiary/aromatic N) is 3. The molecule has 4 rings (SSSR count). The van der Waals surface area contributed by atoms with Crippen LogP contribution in [0.3, 0.4) is 0 Å². The van der Waals surface area contributed by atoms with E-state index < -0.39 is 0 Å². The fourth-order valence-electron chi connectivity index (χ4n) is 3.87. The molecule has 2 amide bonds. The van der Waals surface area contributed by atoms with Crippen LogP contribution in [0.4, 0.5) is 0 Å². The van der Waals surface area contributed by atoms with Gasteiger partial charge in [0.1, 0.15) is 18.0 Å².